The van der Waals surface area contributed by atoms with Crippen molar-refractivity contribution in [1.29, 1.82) is 0 Å². The maximum atomic E-state index is 11.6. The molecule has 0 aromatic heterocycles. The minimum atomic E-state index is -0.147. The van der Waals surface area contributed by atoms with E-state index in [-0.39, 0.29) is 12.0 Å². The number of hydrogen-bond acceptors (Lipinski definition) is 3. The summed E-state index contributed by atoms with van der Waals surface area (Å²) in [4.78, 5) is 11.6. The molecule has 0 radical (unpaired) electrons. The highest BCUT2D eigenvalue weighted by molar-refractivity contribution is 5.90. The van der Waals surface area contributed by atoms with Gasteiger partial charge in [-0.1, -0.05) is 18.9 Å². The third kappa shape index (κ3) is 1.34. The zero-order valence-electron chi connectivity index (χ0n) is 9.79. The maximum absolute atomic E-state index is 11.6. The second-order valence-corrected chi connectivity index (χ2v) is 5.39. The smallest absolute Gasteiger partial charge is 0.335 e. The zero-order valence-corrected chi connectivity index (χ0v) is 9.79. The lowest BCUT2D eigenvalue weighted by molar-refractivity contribution is -0.136. The van der Waals surface area contributed by atoms with Crippen LogP contribution < -0.4 is 5.32 Å². The van der Waals surface area contributed by atoms with E-state index >= 15 is 0 Å². The van der Waals surface area contributed by atoms with E-state index in [0.29, 0.717) is 5.54 Å². The van der Waals surface area contributed by atoms with Gasteiger partial charge < -0.3 is 10.1 Å². The average Bonchev–Trinajstić information content (AvgIpc) is 2.61. The Morgan fingerprint density at radius 2 is 2.44 bits per heavy atom. The van der Waals surface area contributed by atoms with Gasteiger partial charge in [-0.2, -0.15) is 0 Å². The van der Waals surface area contributed by atoms with Gasteiger partial charge in [0, 0.05) is 11.6 Å². The van der Waals surface area contributed by atoms with Gasteiger partial charge in [-0.25, -0.2) is 4.79 Å². The molecule has 1 spiro atoms. The molecular weight excluding hydrogens is 202 g/mol. The van der Waals surface area contributed by atoms with Crippen LogP contribution in [0.4, 0.5) is 0 Å². The Hall–Kier alpha value is -0.830. The molecule has 2 bridgehead atoms. The highest BCUT2D eigenvalue weighted by Crippen LogP contribution is 2.48. The Morgan fingerprint density at radius 3 is 3.25 bits per heavy atom. The van der Waals surface area contributed by atoms with E-state index in [9.17, 15) is 4.79 Å². The Labute approximate surface area is 96.2 Å². The monoisotopic (exact) mass is 221 g/mol. The predicted molar refractivity (Wildman–Crippen MR) is 60.9 cm³/mol. The van der Waals surface area contributed by atoms with E-state index in [1.165, 1.54) is 32.8 Å². The van der Waals surface area contributed by atoms with Gasteiger partial charge in [-0.3, -0.25) is 0 Å². The second kappa shape index (κ2) is 3.59. The average molecular weight is 221 g/mol. The lowest BCUT2D eigenvalue weighted by atomic mass is 9.72. The number of fused-ring (bicyclic) bond motifs is 1. The Kier molecular flexibility index (Phi) is 2.32. The van der Waals surface area contributed by atoms with E-state index in [2.05, 4.69) is 11.4 Å². The summed E-state index contributed by atoms with van der Waals surface area (Å²) in [6.07, 6.45) is 9.55. The normalized spacial score (nSPS) is 41.2. The molecule has 3 aliphatic rings. The van der Waals surface area contributed by atoms with Gasteiger partial charge in [0.15, 0.2) is 0 Å². The highest BCUT2D eigenvalue weighted by Gasteiger charge is 2.51. The van der Waals surface area contributed by atoms with Gasteiger partial charge in [-0.05, 0) is 31.6 Å². The molecule has 3 nitrogen and oxygen atoms in total. The lowest BCUT2D eigenvalue weighted by Gasteiger charge is -2.40. The van der Waals surface area contributed by atoms with Crippen molar-refractivity contribution in [2.45, 2.75) is 50.1 Å². The molecule has 1 saturated carbocycles. The summed E-state index contributed by atoms with van der Waals surface area (Å²) in [6.45, 7) is 0. The highest BCUT2D eigenvalue weighted by atomic mass is 16.5. The first-order valence-electron chi connectivity index (χ1n) is 6.31. The SMILES string of the molecule is COC(=O)C1=CC[C@]23CCCC[C@@H]2C[C@H]1N3. The largest absolute Gasteiger partial charge is 0.466 e. The molecule has 16 heavy (non-hydrogen) atoms. The van der Waals surface area contributed by atoms with Crippen LogP contribution in [-0.2, 0) is 9.53 Å². The number of carbonyl (C=O) groups excluding carboxylic acids is 1. The van der Waals surface area contributed by atoms with Crippen molar-refractivity contribution in [3.05, 3.63) is 11.6 Å². The fraction of sp³-hybridized carbons (Fsp3) is 0.769. The number of ether oxygens (including phenoxy) is 1. The molecule has 3 rings (SSSR count). The predicted octanol–water partition coefficient (Wildman–Crippen LogP) is 1.78. The van der Waals surface area contributed by atoms with E-state index in [1.807, 2.05) is 0 Å². The Bertz CT molecular complexity index is 350. The van der Waals surface area contributed by atoms with Crippen molar-refractivity contribution >= 4 is 5.97 Å². The minimum absolute atomic E-state index is 0.147. The third-order valence-corrected chi connectivity index (χ3v) is 4.67. The maximum Gasteiger partial charge on any atom is 0.335 e. The van der Waals surface area contributed by atoms with Crippen LogP contribution in [0.2, 0.25) is 0 Å². The summed E-state index contributed by atoms with van der Waals surface area (Å²) in [6, 6.07) is 0.254. The van der Waals surface area contributed by atoms with Crippen LogP contribution in [0.3, 0.4) is 0 Å². The van der Waals surface area contributed by atoms with Gasteiger partial charge in [0.1, 0.15) is 0 Å². The van der Waals surface area contributed by atoms with Crippen LogP contribution in [0.25, 0.3) is 0 Å². The number of nitrogens with one attached hydrogen (secondary N) is 1. The van der Waals surface area contributed by atoms with Gasteiger partial charge in [0.05, 0.1) is 12.7 Å². The van der Waals surface area contributed by atoms with E-state index in [0.717, 1.165) is 24.3 Å². The molecule has 0 aromatic rings. The molecule has 0 unspecified atom stereocenters. The summed E-state index contributed by atoms with van der Waals surface area (Å²) >= 11 is 0. The van der Waals surface area contributed by atoms with Gasteiger partial charge >= 0.3 is 5.97 Å². The van der Waals surface area contributed by atoms with Crippen LogP contribution >= 0.6 is 0 Å². The summed E-state index contributed by atoms with van der Waals surface area (Å²) in [5, 5.41) is 3.70. The fourth-order valence-corrected chi connectivity index (χ4v) is 3.85. The first kappa shape index (κ1) is 10.3. The molecule has 1 N–H and O–H groups in total. The molecule has 2 heterocycles. The van der Waals surface area contributed by atoms with Crippen molar-refractivity contribution in [3.8, 4) is 0 Å². The number of carbonyl (C=O) groups is 1. The molecule has 0 aromatic carbocycles. The van der Waals surface area contributed by atoms with Crippen LogP contribution in [0.5, 0.6) is 0 Å². The van der Waals surface area contributed by atoms with Crippen LogP contribution in [0, 0.1) is 5.92 Å². The van der Waals surface area contributed by atoms with Gasteiger partial charge in [0.25, 0.3) is 0 Å². The van der Waals surface area contributed by atoms with Crippen LogP contribution in [0.1, 0.15) is 38.5 Å². The Morgan fingerprint density at radius 1 is 1.56 bits per heavy atom. The van der Waals surface area contributed by atoms with E-state index in [1.54, 1.807) is 0 Å². The third-order valence-electron chi connectivity index (χ3n) is 4.67. The zero-order chi connectivity index (χ0) is 11.2. The molecule has 0 amide bonds. The number of methoxy groups -OCH3 is 1. The van der Waals surface area contributed by atoms with Crippen molar-refractivity contribution in [1.82, 2.24) is 5.32 Å². The van der Waals surface area contributed by atoms with Crippen LogP contribution in [0.15, 0.2) is 11.6 Å². The summed E-state index contributed by atoms with van der Waals surface area (Å²) in [7, 11) is 1.47. The second-order valence-electron chi connectivity index (χ2n) is 5.39. The molecule has 1 saturated heterocycles. The van der Waals surface area contributed by atoms with Crippen LogP contribution in [-0.4, -0.2) is 24.7 Å². The number of hydrogen-bond donors (Lipinski definition) is 1. The first-order valence-corrected chi connectivity index (χ1v) is 6.31. The molecule has 2 aliphatic heterocycles. The van der Waals surface area contributed by atoms with Crippen molar-refractivity contribution in [3.63, 3.8) is 0 Å². The molecule has 2 fully saturated rings. The van der Waals surface area contributed by atoms with E-state index < -0.39 is 0 Å². The molecule has 3 heteroatoms. The molecular formula is C13H19NO2. The van der Waals surface area contributed by atoms with Crippen molar-refractivity contribution in [2.24, 2.45) is 5.92 Å². The minimum Gasteiger partial charge on any atom is -0.466 e. The first-order chi connectivity index (χ1) is 7.75. The summed E-state index contributed by atoms with van der Waals surface area (Å²) in [5.41, 5.74) is 1.18. The molecule has 3 atom stereocenters. The number of rotatable bonds is 1. The number of esters is 1. The quantitative estimate of drug-likeness (QED) is 0.686. The summed E-state index contributed by atoms with van der Waals surface area (Å²) < 4.78 is 4.84. The lowest BCUT2D eigenvalue weighted by Crippen LogP contribution is -2.51. The van der Waals surface area contributed by atoms with Crippen molar-refractivity contribution in [2.75, 3.05) is 7.11 Å². The van der Waals surface area contributed by atoms with Crippen molar-refractivity contribution < 1.29 is 9.53 Å². The standard InChI is InChI=1S/C13H19NO2/c1-16-12(15)10-5-7-13-6-3-2-4-9(13)8-11(10)14-13/h5,9,11,14H,2-4,6-8H2,1H3/t9-,11-,13-/m1/s1. The van der Waals surface area contributed by atoms with Gasteiger partial charge in [-0.15, -0.1) is 0 Å². The van der Waals surface area contributed by atoms with E-state index in [4.69, 9.17) is 4.74 Å². The Balaban J connectivity index is 1.86. The van der Waals surface area contributed by atoms with Gasteiger partial charge in [0.2, 0.25) is 0 Å². The molecule has 88 valence electrons. The summed E-state index contributed by atoms with van der Waals surface area (Å²) in [5.74, 6) is 0.621. The molecule has 1 aliphatic carbocycles. The fourth-order valence-electron chi connectivity index (χ4n) is 3.85. The topological polar surface area (TPSA) is 38.3 Å².